The largest absolute Gasteiger partial charge is 0.416 e. The molecule has 3 rings (SSSR count). The first-order chi connectivity index (χ1) is 13.3. The summed E-state index contributed by atoms with van der Waals surface area (Å²) in [5, 5.41) is 15.8. The van der Waals surface area contributed by atoms with E-state index >= 15 is 0 Å². The van der Waals surface area contributed by atoms with Crippen LogP contribution < -0.4 is 10.6 Å². The van der Waals surface area contributed by atoms with Gasteiger partial charge in [-0.3, -0.25) is 9.59 Å². The highest BCUT2D eigenvalue weighted by molar-refractivity contribution is 5.89. The number of β-amino-alcohol motifs (C(OH)–C–C–N with tert-alkyl or cyclic N) is 1. The molecule has 1 aromatic carbocycles. The highest BCUT2D eigenvalue weighted by Crippen LogP contribution is 2.29. The number of carbonyl (C=O) groups is 2. The number of hydrogen-bond donors (Lipinski definition) is 3. The van der Waals surface area contributed by atoms with Crippen LogP contribution in [0.15, 0.2) is 24.3 Å². The fourth-order valence-electron chi connectivity index (χ4n) is 3.72. The average molecular weight is 399 g/mol. The predicted octanol–water partition coefficient (Wildman–Crippen LogP) is 1.28. The van der Waals surface area contributed by atoms with Gasteiger partial charge in [-0.1, -0.05) is 12.1 Å². The third-order valence-electron chi connectivity index (χ3n) is 5.26. The van der Waals surface area contributed by atoms with Gasteiger partial charge in [0, 0.05) is 26.1 Å². The second-order valence-corrected chi connectivity index (χ2v) is 7.35. The second kappa shape index (κ2) is 8.48. The number of alkyl halides is 3. The molecule has 6 nitrogen and oxygen atoms in total. The van der Waals surface area contributed by atoms with Crippen LogP contribution in [-0.4, -0.2) is 53.6 Å². The summed E-state index contributed by atoms with van der Waals surface area (Å²) >= 11 is 0. The van der Waals surface area contributed by atoms with Gasteiger partial charge in [0.25, 0.3) is 0 Å². The van der Waals surface area contributed by atoms with Crippen LogP contribution in [-0.2, 0) is 22.3 Å². The van der Waals surface area contributed by atoms with Gasteiger partial charge < -0.3 is 20.6 Å². The number of aliphatic hydroxyl groups excluding tert-OH is 1. The van der Waals surface area contributed by atoms with Gasteiger partial charge in [0.1, 0.15) is 6.04 Å². The Morgan fingerprint density at radius 2 is 1.96 bits per heavy atom. The maximum atomic E-state index is 12.8. The van der Waals surface area contributed by atoms with Crippen molar-refractivity contribution in [2.24, 2.45) is 5.92 Å². The molecule has 2 heterocycles. The van der Waals surface area contributed by atoms with E-state index < -0.39 is 29.8 Å². The fourth-order valence-corrected chi connectivity index (χ4v) is 3.72. The van der Waals surface area contributed by atoms with E-state index in [-0.39, 0.29) is 31.3 Å². The van der Waals surface area contributed by atoms with Crippen LogP contribution in [0.1, 0.15) is 30.4 Å². The Kier molecular flexibility index (Phi) is 6.24. The second-order valence-electron chi connectivity index (χ2n) is 7.35. The molecule has 2 aliphatic rings. The van der Waals surface area contributed by atoms with E-state index in [2.05, 4.69) is 10.6 Å². The van der Waals surface area contributed by atoms with Gasteiger partial charge in [-0.15, -0.1) is 0 Å². The molecule has 0 aromatic heterocycles. The van der Waals surface area contributed by atoms with Gasteiger partial charge in [-0.05, 0) is 37.1 Å². The van der Waals surface area contributed by atoms with Crippen molar-refractivity contribution in [2.75, 3.05) is 19.6 Å². The smallest absolute Gasteiger partial charge is 0.391 e. The number of piperidine rings is 1. The van der Waals surface area contributed by atoms with Crippen LogP contribution in [0.2, 0.25) is 0 Å². The number of hydrogen-bond acceptors (Lipinski definition) is 4. The molecular weight excluding hydrogens is 375 g/mol. The third-order valence-corrected chi connectivity index (χ3v) is 5.26. The molecule has 0 spiro atoms. The highest BCUT2D eigenvalue weighted by Gasteiger charge is 2.41. The van der Waals surface area contributed by atoms with Crippen LogP contribution in [0.4, 0.5) is 13.2 Å². The lowest BCUT2D eigenvalue weighted by molar-refractivity contribution is -0.142. The van der Waals surface area contributed by atoms with E-state index in [1.807, 2.05) is 0 Å². The number of benzene rings is 1. The minimum Gasteiger partial charge on any atom is -0.391 e. The molecule has 154 valence electrons. The van der Waals surface area contributed by atoms with Crippen LogP contribution in [0.25, 0.3) is 0 Å². The van der Waals surface area contributed by atoms with Crippen LogP contribution >= 0.6 is 0 Å². The molecular formula is C19H24F3N3O3. The zero-order chi connectivity index (χ0) is 20.3. The van der Waals surface area contributed by atoms with Crippen molar-refractivity contribution >= 4 is 11.8 Å². The van der Waals surface area contributed by atoms with E-state index in [0.717, 1.165) is 31.5 Å². The van der Waals surface area contributed by atoms with Gasteiger partial charge in [-0.2, -0.15) is 13.2 Å². The normalized spacial score (nSPS) is 25.6. The van der Waals surface area contributed by atoms with Crippen molar-refractivity contribution in [1.29, 1.82) is 0 Å². The number of rotatable bonds is 4. The summed E-state index contributed by atoms with van der Waals surface area (Å²) in [6.07, 6.45) is -3.38. The molecule has 2 saturated heterocycles. The molecule has 2 aliphatic heterocycles. The third kappa shape index (κ3) is 4.82. The maximum Gasteiger partial charge on any atom is 0.416 e. The quantitative estimate of drug-likeness (QED) is 0.713. The summed E-state index contributed by atoms with van der Waals surface area (Å²) in [5.41, 5.74) is -0.228. The first-order valence-electron chi connectivity index (χ1n) is 9.39. The van der Waals surface area contributed by atoms with Crippen molar-refractivity contribution in [3.8, 4) is 0 Å². The Bertz CT molecular complexity index is 703. The number of halogens is 3. The van der Waals surface area contributed by atoms with Gasteiger partial charge in [-0.25, -0.2) is 0 Å². The molecule has 3 N–H and O–H groups in total. The zero-order valence-corrected chi connectivity index (χ0v) is 15.3. The van der Waals surface area contributed by atoms with Gasteiger partial charge >= 0.3 is 6.18 Å². The number of aliphatic hydroxyl groups is 1. The molecule has 2 fully saturated rings. The summed E-state index contributed by atoms with van der Waals surface area (Å²) in [4.78, 5) is 26.8. The van der Waals surface area contributed by atoms with Gasteiger partial charge in [0.2, 0.25) is 11.8 Å². The van der Waals surface area contributed by atoms with E-state index in [4.69, 9.17) is 0 Å². The van der Waals surface area contributed by atoms with Crippen LogP contribution in [0.3, 0.4) is 0 Å². The molecule has 0 bridgehead atoms. The summed E-state index contributed by atoms with van der Waals surface area (Å²) < 4.78 is 37.8. The van der Waals surface area contributed by atoms with Crippen LogP contribution in [0, 0.1) is 5.92 Å². The van der Waals surface area contributed by atoms with E-state index in [9.17, 15) is 27.9 Å². The van der Waals surface area contributed by atoms with Crippen molar-refractivity contribution in [3.05, 3.63) is 35.4 Å². The minimum absolute atomic E-state index is 0.0522. The average Bonchev–Trinajstić information content (AvgIpc) is 3.07. The van der Waals surface area contributed by atoms with Gasteiger partial charge in [0.15, 0.2) is 0 Å². The van der Waals surface area contributed by atoms with Crippen molar-refractivity contribution in [2.45, 2.75) is 44.1 Å². The minimum atomic E-state index is -4.41. The number of carbonyl (C=O) groups excluding carboxylic acids is 2. The lowest BCUT2D eigenvalue weighted by Gasteiger charge is -2.30. The number of amides is 2. The first kappa shape index (κ1) is 20.6. The Labute approximate surface area is 161 Å². The fraction of sp³-hybridized carbons (Fsp3) is 0.579. The van der Waals surface area contributed by atoms with E-state index in [0.29, 0.717) is 12.1 Å². The number of nitrogens with one attached hydrogen (secondary N) is 2. The van der Waals surface area contributed by atoms with E-state index in [1.165, 1.54) is 17.0 Å². The topological polar surface area (TPSA) is 81.7 Å². The molecule has 0 unspecified atom stereocenters. The Morgan fingerprint density at radius 1 is 1.25 bits per heavy atom. The molecule has 2 amide bonds. The zero-order valence-electron chi connectivity index (χ0n) is 15.3. The summed E-state index contributed by atoms with van der Waals surface area (Å²) in [6, 6.07) is 3.78. The summed E-state index contributed by atoms with van der Waals surface area (Å²) in [6.45, 7) is 1.60. The number of nitrogens with zero attached hydrogens (tertiary/aromatic N) is 1. The standard InChI is InChI=1S/C19H24F3N3O3/c20-19(21,22)14-5-3-12(4-6-14)9-24-17(27)16-8-15(26)11-25(16)18(28)13-2-1-7-23-10-13/h3-6,13,15-16,23,26H,1-2,7-11H2,(H,24,27)/t13-,15+,16+/m0/s1. The lowest BCUT2D eigenvalue weighted by Crippen LogP contribution is -2.50. The summed E-state index contributed by atoms with van der Waals surface area (Å²) in [7, 11) is 0. The Morgan fingerprint density at radius 3 is 2.57 bits per heavy atom. The SMILES string of the molecule is O=C(NCc1ccc(C(F)(F)F)cc1)[C@H]1C[C@@H](O)CN1C(=O)[C@H]1CCCNC1. The molecule has 9 heteroatoms. The molecule has 0 aliphatic carbocycles. The predicted molar refractivity (Wildman–Crippen MR) is 95.0 cm³/mol. The van der Waals surface area contributed by atoms with Crippen LogP contribution in [0.5, 0.6) is 0 Å². The first-order valence-corrected chi connectivity index (χ1v) is 9.39. The lowest BCUT2D eigenvalue weighted by atomic mass is 9.97. The monoisotopic (exact) mass is 399 g/mol. The maximum absolute atomic E-state index is 12.8. The van der Waals surface area contributed by atoms with Gasteiger partial charge in [0.05, 0.1) is 17.6 Å². The Hall–Kier alpha value is -2.13. The Balaban J connectivity index is 1.59. The van der Waals surface area contributed by atoms with E-state index in [1.54, 1.807) is 0 Å². The van der Waals surface area contributed by atoms with Crippen molar-refractivity contribution in [3.63, 3.8) is 0 Å². The molecule has 3 atom stereocenters. The molecule has 1 aromatic rings. The van der Waals surface area contributed by atoms with Crippen molar-refractivity contribution < 1.29 is 27.9 Å². The summed E-state index contributed by atoms with van der Waals surface area (Å²) in [5.74, 6) is -0.753. The number of likely N-dealkylation sites (tertiary alicyclic amines) is 1. The highest BCUT2D eigenvalue weighted by atomic mass is 19.4. The molecule has 0 radical (unpaired) electrons. The molecule has 28 heavy (non-hydrogen) atoms. The van der Waals surface area contributed by atoms with Crippen molar-refractivity contribution in [1.82, 2.24) is 15.5 Å². The molecule has 0 saturated carbocycles.